The van der Waals surface area contributed by atoms with Gasteiger partial charge in [-0.25, -0.2) is 0 Å². The van der Waals surface area contributed by atoms with Crippen molar-refractivity contribution in [2.24, 2.45) is 0 Å². The van der Waals surface area contributed by atoms with E-state index in [0.29, 0.717) is 11.8 Å². The van der Waals surface area contributed by atoms with Gasteiger partial charge >= 0.3 is 0 Å². The molecule has 0 saturated heterocycles. The smallest absolute Gasteiger partial charge is 0.264 e. The maximum absolute atomic E-state index is 2.79. The molecule has 3 aliphatic carbocycles. The second kappa shape index (κ2) is 15.7. The lowest BCUT2D eigenvalue weighted by molar-refractivity contribution is 0.332. The minimum Gasteiger partial charge on any atom is -0.311 e. The van der Waals surface area contributed by atoms with Crippen LogP contribution in [0.3, 0.4) is 0 Å². The molecule has 1 aromatic heterocycles. The number of hydrogen-bond donors (Lipinski definition) is 0. The molecule has 5 aliphatic rings. The Morgan fingerprint density at radius 1 is 0.528 bits per heavy atom. The van der Waals surface area contributed by atoms with Gasteiger partial charge in [0.25, 0.3) is 6.71 Å². The largest absolute Gasteiger partial charge is 0.311 e. The molecule has 0 fully saturated rings. The summed E-state index contributed by atoms with van der Waals surface area (Å²) in [7, 11) is 0. The van der Waals surface area contributed by atoms with E-state index in [-0.39, 0.29) is 39.2 Å². The van der Waals surface area contributed by atoms with E-state index in [1.54, 1.807) is 11.1 Å². The summed E-state index contributed by atoms with van der Waals surface area (Å²) >= 11 is 2.08. The van der Waals surface area contributed by atoms with E-state index < -0.39 is 0 Å². The molecule has 2 atom stereocenters. The van der Waals surface area contributed by atoms with E-state index in [1.807, 2.05) is 0 Å². The van der Waals surface area contributed by atoms with E-state index >= 15 is 0 Å². The first-order valence-corrected chi connectivity index (χ1v) is 28.5. The number of hydrogen-bond acceptors (Lipinski definition) is 3. The number of rotatable bonds is 3. The van der Waals surface area contributed by atoms with Crippen molar-refractivity contribution in [1.29, 1.82) is 0 Å². The SMILES string of the molecule is CC1CCC(C)c2cc3c4c(sc3cc21)B1c2cc(C(C)(C)C)ccc2N(c2ccc3c(c2-c2ccccc2)C(C)(C)CCC3(C)C)c2cc(C(C)(C)C)cc(c21)N4c1ccc2c(c1)C(C)(C)CCC2(C)C. The first-order valence-electron chi connectivity index (χ1n) is 27.7. The molecule has 0 spiro atoms. The molecule has 2 nitrogen and oxygen atoms in total. The van der Waals surface area contributed by atoms with Crippen molar-refractivity contribution in [1.82, 2.24) is 0 Å². The highest BCUT2D eigenvalue weighted by Crippen LogP contribution is 2.57. The Balaban J connectivity index is 1.25. The average molecular weight is 967 g/mol. The van der Waals surface area contributed by atoms with Crippen molar-refractivity contribution >= 4 is 78.0 Å². The molecular formula is C68H79BN2S. The highest BCUT2D eigenvalue weighted by atomic mass is 32.1. The van der Waals surface area contributed by atoms with E-state index in [1.165, 1.54) is 137 Å². The lowest BCUT2D eigenvalue weighted by atomic mass is 9.36. The minimum atomic E-state index is -0.123. The third-order valence-corrected chi connectivity index (χ3v) is 20.3. The van der Waals surface area contributed by atoms with Gasteiger partial charge in [-0.1, -0.05) is 165 Å². The van der Waals surface area contributed by atoms with Gasteiger partial charge in [0.05, 0.1) is 11.4 Å². The molecule has 0 N–H and O–H groups in total. The van der Waals surface area contributed by atoms with E-state index in [4.69, 9.17) is 0 Å². The van der Waals surface area contributed by atoms with E-state index in [0.717, 1.165) is 6.42 Å². The normalized spacial score (nSPS) is 21.1. The lowest BCUT2D eigenvalue weighted by Crippen LogP contribution is -2.60. The Labute approximate surface area is 437 Å². The second-order valence-electron chi connectivity index (χ2n) is 28.0. The van der Waals surface area contributed by atoms with Crippen molar-refractivity contribution in [3.05, 3.63) is 148 Å². The lowest BCUT2D eigenvalue weighted by Gasteiger charge is -2.47. The summed E-state index contributed by atoms with van der Waals surface area (Å²) in [5.74, 6) is 1.10. The van der Waals surface area contributed by atoms with Gasteiger partial charge in [0.15, 0.2) is 0 Å². The third-order valence-electron chi connectivity index (χ3n) is 19.1. The van der Waals surface area contributed by atoms with E-state index in [2.05, 4.69) is 235 Å². The highest BCUT2D eigenvalue weighted by Gasteiger charge is 2.49. The van der Waals surface area contributed by atoms with Crippen molar-refractivity contribution in [2.45, 2.75) is 194 Å². The minimum absolute atomic E-state index is 0.0122. The molecule has 0 bridgehead atoms. The fourth-order valence-corrected chi connectivity index (χ4v) is 15.5. The van der Waals surface area contributed by atoms with Crippen LogP contribution in [0.5, 0.6) is 0 Å². The summed E-state index contributed by atoms with van der Waals surface area (Å²) in [6.45, 7) is 39.3. The number of anilines is 6. The van der Waals surface area contributed by atoms with Crippen LogP contribution in [0.25, 0.3) is 21.2 Å². The van der Waals surface area contributed by atoms with Crippen LogP contribution in [0.1, 0.15) is 206 Å². The summed E-state index contributed by atoms with van der Waals surface area (Å²) in [6.07, 6.45) is 7.22. The van der Waals surface area contributed by atoms with Crippen molar-refractivity contribution in [3.63, 3.8) is 0 Å². The molecule has 3 heterocycles. The number of nitrogens with zero attached hydrogens (tertiary/aromatic N) is 2. The van der Waals surface area contributed by atoms with Gasteiger partial charge in [-0.2, -0.15) is 0 Å². The first kappa shape index (κ1) is 47.9. The second-order valence-corrected chi connectivity index (χ2v) is 29.1. The van der Waals surface area contributed by atoms with Gasteiger partial charge in [-0.15, -0.1) is 11.3 Å². The van der Waals surface area contributed by atoms with Crippen LogP contribution in [0, 0.1) is 0 Å². The van der Waals surface area contributed by atoms with Gasteiger partial charge in [-0.05, 0) is 192 Å². The molecule has 6 aromatic carbocycles. The van der Waals surface area contributed by atoms with Crippen LogP contribution in [0.4, 0.5) is 34.1 Å². The van der Waals surface area contributed by atoms with Crippen molar-refractivity contribution in [3.8, 4) is 11.1 Å². The van der Waals surface area contributed by atoms with Crippen LogP contribution in [0.15, 0.2) is 103 Å². The molecule has 0 radical (unpaired) electrons. The summed E-state index contributed by atoms with van der Waals surface area (Å²) in [6, 6.07) is 42.3. The third kappa shape index (κ3) is 7.13. The van der Waals surface area contributed by atoms with Gasteiger partial charge < -0.3 is 9.80 Å². The maximum Gasteiger partial charge on any atom is 0.264 e. The predicted molar refractivity (Wildman–Crippen MR) is 315 cm³/mol. The highest BCUT2D eigenvalue weighted by molar-refractivity contribution is 7.33. The number of fused-ring (bicyclic) bond motifs is 9. The molecule has 7 aromatic rings. The van der Waals surface area contributed by atoms with Gasteiger partial charge in [0.2, 0.25) is 0 Å². The van der Waals surface area contributed by atoms with Gasteiger partial charge in [-0.3, -0.25) is 0 Å². The Hall–Kier alpha value is -5.06. The van der Waals surface area contributed by atoms with Gasteiger partial charge in [0, 0.05) is 43.2 Å². The Bertz CT molecular complexity index is 3380. The number of thiophene rings is 1. The molecule has 12 rings (SSSR count). The van der Waals surface area contributed by atoms with E-state index in [9.17, 15) is 0 Å². The van der Waals surface area contributed by atoms with Crippen molar-refractivity contribution < 1.29 is 0 Å². The van der Waals surface area contributed by atoms with Gasteiger partial charge in [0.1, 0.15) is 0 Å². The van der Waals surface area contributed by atoms with Crippen LogP contribution in [0.2, 0.25) is 0 Å². The molecule has 2 unspecified atom stereocenters. The average Bonchev–Trinajstić information content (AvgIpc) is 3.69. The fraction of sp³-hybridized carbons (Fsp3) is 0.441. The first-order chi connectivity index (χ1) is 33.8. The van der Waals surface area contributed by atoms with Crippen LogP contribution < -0.4 is 25.5 Å². The van der Waals surface area contributed by atoms with Crippen molar-refractivity contribution in [2.75, 3.05) is 9.80 Å². The molecule has 0 saturated carbocycles. The zero-order valence-corrected chi connectivity index (χ0v) is 47.4. The summed E-state index contributed by atoms with van der Waals surface area (Å²) in [5.41, 5.74) is 25.4. The predicted octanol–water partition coefficient (Wildman–Crippen LogP) is 17.9. The Kier molecular flexibility index (Phi) is 10.5. The molecule has 2 aliphatic heterocycles. The quantitative estimate of drug-likeness (QED) is 0.163. The monoisotopic (exact) mass is 967 g/mol. The number of benzene rings is 6. The summed E-state index contributed by atoms with van der Waals surface area (Å²) in [5, 5.41) is 1.42. The summed E-state index contributed by atoms with van der Waals surface area (Å²) < 4.78 is 2.90. The molecule has 4 heteroatoms. The zero-order valence-electron chi connectivity index (χ0n) is 46.6. The Morgan fingerprint density at radius 2 is 1.10 bits per heavy atom. The van der Waals surface area contributed by atoms with Crippen LogP contribution >= 0.6 is 11.3 Å². The molecule has 0 amide bonds. The van der Waals surface area contributed by atoms with Crippen LogP contribution in [-0.2, 0) is 32.5 Å². The fourth-order valence-electron chi connectivity index (χ4n) is 14.2. The topological polar surface area (TPSA) is 6.48 Å². The molecular weight excluding hydrogens is 888 g/mol. The standard InChI is InChI=1S/C68H79BN2S/c1-40-22-23-41(2)47-39-57-48(38-46(40)47)61-62(72-57)69-52-34-43(63(3,4)5)24-28-53(52)71(54-29-27-50-59(58(54)42-20-18-17-19-21-42)68(15,16)33-32-66(50,11)12)56-36-44(64(6,7)8)35-55(60(56)69)70(61)45-25-26-49-51(37-45)67(13,14)31-30-65(49,9)10/h17-21,24-29,34-41H,22-23,30-33H2,1-16H3. The Morgan fingerprint density at radius 3 is 1.75 bits per heavy atom. The summed E-state index contributed by atoms with van der Waals surface area (Å²) in [4.78, 5) is 5.54. The molecule has 72 heavy (non-hydrogen) atoms. The zero-order chi connectivity index (χ0) is 51.0. The molecule has 370 valence electrons. The maximum atomic E-state index is 2.79. The van der Waals surface area contributed by atoms with Crippen LogP contribution in [-0.4, -0.2) is 6.71 Å².